The van der Waals surface area contributed by atoms with E-state index in [1.807, 2.05) is 6.92 Å². The van der Waals surface area contributed by atoms with Crippen LogP contribution in [0.3, 0.4) is 0 Å². The minimum absolute atomic E-state index is 0.360. The van der Waals surface area contributed by atoms with E-state index in [9.17, 15) is 0 Å². The molecule has 1 aromatic heterocycles. The van der Waals surface area contributed by atoms with Crippen molar-refractivity contribution in [2.24, 2.45) is 0 Å². The van der Waals surface area contributed by atoms with Gasteiger partial charge in [-0.25, -0.2) is 0 Å². The van der Waals surface area contributed by atoms with Crippen LogP contribution in [0.2, 0.25) is 5.15 Å². The molecule has 0 N–H and O–H groups in total. The van der Waals surface area contributed by atoms with Crippen LogP contribution >= 0.6 is 23.3 Å². The van der Waals surface area contributed by atoms with Crippen molar-refractivity contribution in [3.63, 3.8) is 0 Å². The van der Waals surface area contributed by atoms with Crippen LogP contribution in [0.5, 0.6) is 5.88 Å². The highest BCUT2D eigenvalue weighted by Gasteiger charge is 2.03. The molecule has 0 unspecified atom stereocenters. The minimum atomic E-state index is 0.360. The van der Waals surface area contributed by atoms with Crippen LogP contribution in [0, 0.1) is 0 Å². The third-order valence-electron chi connectivity index (χ3n) is 0.864. The molecule has 0 saturated carbocycles. The Labute approximate surface area is 68.3 Å². The standard InChI is InChI=1S/C5H7ClN2OS/c1-2-3-9-5-4(6)7-10-8-5/h2-3H2,1H3. The minimum Gasteiger partial charge on any atom is -0.475 e. The first-order valence-corrected chi connectivity index (χ1v) is 4.06. The van der Waals surface area contributed by atoms with Crippen molar-refractivity contribution in [1.29, 1.82) is 0 Å². The fourth-order valence-electron chi connectivity index (χ4n) is 0.455. The highest BCUT2D eigenvalue weighted by atomic mass is 35.5. The molecule has 0 bridgehead atoms. The Morgan fingerprint density at radius 2 is 2.40 bits per heavy atom. The summed E-state index contributed by atoms with van der Waals surface area (Å²) in [5.41, 5.74) is 0. The van der Waals surface area contributed by atoms with Crippen LogP contribution in [-0.4, -0.2) is 15.4 Å². The summed E-state index contributed by atoms with van der Waals surface area (Å²) in [4.78, 5) is 0. The number of halogens is 1. The summed E-state index contributed by atoms with van der Waals surface area (Å²) in [6.07, 6.45) is 0.952. The maximum atomic E-state index is 5.59. The first-order chi connectivity index (χ1) is 4.84. The predicted octanol–water partition coefficient (Wildman–Crippen LogP) is 1.98. The maximum Gasteiger partial charge on any atom is 0.265 e. The number of hydrogen-bond donors (Lipinski definition) is 0. The van der Waals surface area contributed by atoms with Gasteiger partial charge in [0.25, 0.3) is 5.88 Å². The van der Waals surface area contributed by atoms with E-state index in [1.165, 1.54) is 0 Å². The molecule has 0 fully saturated rings. The molecular weight excluding hydrogens is 172 g/mol. The topological polar surface area (TPSA) is 35.0 Å². The summed E-state index contributed by atoms with van der Waals surface area (Å²) in [6, 6.07) is 0. The van der Waals surface area contributed by atoms with E-state index in [0.717, 1.165) is 18.1 Å². The Kier molecular flexibility index (Phi) is 2.89. The zero-order valence-corrected chi connectivity index (χ0v) is 7.08. The summed E-state index contributed by atoms with van der Waals surface area (Å²) in [5, 5.41) is 0.360. The Bertz CT molecular complexity index is 203. The van der Waals surface area contributed by atoms with Crippen LogP contribution in [0.4, 0.5) is 0 Å². The van der Waals surface area contributed by atoms with Crippen molar-refractivity contribution in [2.45, 2.75) is 13.3 Å². The summed E-state index contributed by atoms with van der Waals surface area (Å²) < 4.78 is 12.7. The number of hydrogen-bond acceptors (Lipinski definition) is 4. The molecule has 0 radical (unpaired) electrons. The number of ether oxygens (including phenoxy) is 1. The van der Waals surface area contributed by atoms with Crippen LogP contribution in [0.15, 0.2) is 0 Å². The van der Waals surface area contributed by atoms with E-state index in [-0.39, 0.29) is 0 Å². The molecule has 1 rings (SSSR count). The van der Waals surface area contributed by atoms with E-state index < -0.39 is 0 Å². The number of aromatic nitrogens is 2. The van der Waals surface area contributed by atoms with E-state index in [2.05, 4.69) is 8.75 Å². The van der Waals surface area contributed by atoms with Gasteiger partial charge >= 0.3 is 0 Å². The Hall–Kier alpha value is -0.350. The lowest BCUT2D eigenvalue weighted by molar-refractivity contribution is 0.308. The molecule has 0 spiro atoms. The fraction of sp³-hybridized carbons (Fsp3) is 0.600. The summed E-state index contributed by atoms with van der Waals surface area (Å²) >= 11 is 6.65. The molecule has 0 aliphatic heterocycles. The van der Waals surface area contributed by atoms with E-state index in [1.54, 1.807) is 0 Å². The summed E-state index contributed by atoms with van der Waals surface area (Å²) in [6.45, 7) is 2.67. The molecule has 1 aromatic rings. The molecule has 0 atom stereocenters. The van der Waals surface area contributed by atoms with Gasteiger partial charge in [-0.1, -0.05) is 18.5 Å². The van der Waals surface area contributed by atoms with Gasteiger partial charge in [-0.15, -0.1) is 4.37 Å². The van der Waals surface area contributed by atoms with Gasteiger partial charge in [-0.2, -0.15) is 4.37 Å². The lowest BCUT2D eigenvalue weighted by Crippen LogP contribution is -1.94. The van der Waals surface area contributed by atoms with Crippen LogP contribution in [0.25, 0.3) is 0 Å². The Morgan fingerprint density at radius 1 is 1.60 bits per heavy atom. The van der Waals surface area contributed by atoms with Gasteiger partial charge < -0.3 is 4.74 Å². The van der Waals surface area contributed by atoms with E-state index in [4.69, 9.17) is 16.3 Å². The van der Waals surface area contributed by atoms with Gasteiger partial charge in [-0.3, -0.25) is 0 Å². The predicted molar refractivity (Wildman–Crippen MR) is 40.7 cm³/mol. The largest absolute Gasteiger partial charge is 0.475 e. The van der Waals surface area contributed by atoms with Crippen molar-refractivity contribution in [2.75, 3.05) is 6.61 Å². The third kappa shape index (κ3) is 1.82. The quantitative estimate of drug-likeness (QED) is 0.710. The zero-order valence-electron chi connectivity index (χ0n) is 5.50. The first-order valence-electron chi connectivity index (χ1n) is 2.95. The van der Waals surface area contributed by atoms with Crippen molar-refractivity contribution in [3.8, 4) is 5.88 Å². The van der Waals surface area contributed by atoms with Gasteiger partial charge in [0.15, 0.2) is 0 Å². The normalized spacial score (nSPS) is 9.80. The second-order valence-corrected chi connectivity index (χ2v) is 2.60. The van der Waals surface area contributed by atoms with Gasteiger partial charge in [-0.05, 0) is 6.42 Å². The number of nitrogens with zero attached hydrogens (tertiary/aromatic N) is 2. The molecule has 0 aromatic carbocycles. The van der Waals surface area contributed by atoms with Crippen LogP contribution < -0.4 is 4.74 Å². The molecular formula is C5H7ClN2OS. The van der Waals surface area contributed by atoms with Crippen molar-refractivity contribution >= 4 is 23.3 Å². The lowest BCUT2D eigenvalue weighted by atomic mass is 10.5. The summed E-state index contributed by atoms with van der Waals surface area (Å²) in [7, 11) is 0. The monoisotopic (exact) mass is 178 g/mol. The molecule has 0 aliphatic carbocycles. The van der Waals surface area contributed by atoms with Gasteiger partial charge in [0.2, 0.25) is 5.15 Å². The smallest absolute Gasteiger partial charge is 0.265 e. The average molecular weight is 179 g/mol. The van der Waals surface area contributed by atoms with Gasteiger partial charge in [0, 0.05) is 0 Å². The maximum absolute atomic E-state index is 5.59. The first kappa shape index (κ1) is 7.75. The highest BCUT2D eigenvalue weighted by Crippen LogP contribution is 2.20. The molecule has 0 aliphatic rings. The zero-order chi connectivity index (χ0) is 7.40. The third-order valence-corrected chi connectivity index (χ3v) is 1.72. The lowest BCUT2D eigenvalue weighted by Gasteiger charge is -1.96. The van der Waals surface area contributed by atoms with Gasteiger partial charge in [0.05, 0.1) is 18.3 Å². The van der Waals surface area contributed by atoms with Crippen molar-refractivity contribution < 1.29 is 4.74 Å². The summed E-state index contributed by atoms with van der Waals surface area (Å²) in [5.74, 6) is 0.452. The second kappa shape index (κ2) is 3.73. The molecule has 1 heterocycles. The number of rotatable bonds is 3. The van der Waals surface area contributed by atoms with Crippen LogP contribution in [0.1, 0.15) is 13.3 Å². The van der Waals surface area contributed by atoms with Gasteiger partial charge in [0.1, 0.15) is 0 Å². The Balaban J connectivity index is 2.49. The average Bonchev–Trinajstić information content (AvgIpc) is 2.31. The fourth-order valence-corrected chi connectivity index (χ4v) is 1.10. The molecule has 10 heavy (non-hydrogen) atoms. The molecule has 0 amide bonds. The van der Waals surface area contributed by atoms with E-state index in [0.29, 0.717) is 17.6 Å². The molecule has 0 saturated heterocycles. The van der Waals surface area contributed by atoms with Crippen LogP contribution in [-0.2, 0) is 0 Å². The van der Waals surface area contributed by atoms with Crippen molar-refractivity contribution in [1.82, 2.24) is 8.75 Å². The molecule has 5 heteroatoms. The highest BCUT2D eigenvalue weighted by molar-refractivity contribution is 6.99. The molecule has 56 valence electrons. The Morgan fingerprint density at radius 3 is 2.90 bits per heavy atom. The van der Waals surface area contributed by atoms with Crippen molar-refractivity contribution in [3.05, 3.63) is 5.15 Å². The second-order valence-electron chi connectivity index (χ2n) is 1.71. The van der Waals surface area contributed by atoms with E-state index >= 15 is 0 Å². The molecule has 3 nitrogen and oxygen atoms in total. The SMILES string of the molecule is CCCOc1nsnc1Cl.